The van der Waals surface area contributed by atoms with Gasteiger partial charge in [0.1, 0.15) is 5.82 Å². The van der Waals surface area contributed by atoms with Crippen molar-refractivity contribution in [2.75, 3.05) is 0 Å². The van der Waals surface area contributed by atoms with Crippen LogP contribution < -0.4 is 0 Å². The standard InChI is InChI=1S/C13H15FO2/c1-3-9(2)12(13(15)16)8-10-4-6-11(14)7-5-10/h3-7,9,12H,1,8H2,2H3,(H,15,16). The van der Waals surface area contributed by atoms with E-state index in [-0.39, 0.29) is 11.7 Å². The van der Waals surface area contributed by atoms with Crippen LogP contribution in [0.1, 0.15) is 12.5 Å². The number of carboxylic acids is 1. The molecule has 0 amide bonds. The number of carbonyl (C=O) groups is 1. The van der Waals surface area contributed by atoms with Crippen molar-refractivity contribution in [1.82, 2.24) is 0 Å². The summed E-state index contributed by atoms with van der Waals surface area (Å²) in [5.41, 5.74) is 0.822. The van der Waals surface area contributed by atoms with E-state index in [1.54, 1.807) is 18.2 Å². The summed E-state index contributed by atoms with van der Waals surface area (Å²) >= 11 is 0. The van der Waals surface area contributed by atoms with E-state index < -0.39 is 11.9 Å². The number of aliphatic carboxylic acids is 1. The molecule has 0 saturated heterocycles. The molecule has 0 heterocycles. The van der Waals surface area contributed by atoms with Crippen LogP contribution in [0.15, 0.2) is 36.9 Å². The average molecular weight is 222 g/mol. The molecule has 1 rings (SSSR count). The second kappa shape index (κ2) is 5.45. The zero-order chi connectivity index (χ0) is 12.1. The molecule has 3 heteroatoms. The number of allylic oxidation sites excluding steroid dienone is 1. The lowest BCUT2D eigenvalue weighted by Gasteiger charge is -2.16. The van der Waals surface area contributed by atoms with Crippen LogP contribution >= 0.6 is 0 Å². The summed E-state index contributed by atoms with van der Waals surface area (Å²) < 4.78 is 12.7. The maximum atomic E-state index is 12.7. The molecule has 0 aromatic heterocycles. The lowest BCUT2D eigenvalue weighted by atomic mass is 9.88. The lowest BCUT2D eigenvalue weighted by Crippen LogP contribution is -2.22. The molecule has 1 N–H and O–H groups in total. The molecule has 16 heavy (non-hydrogen) atoms. The Bertz CT molecular complexity index is 370. The van der Waals surface area contributed by atoms with Crippen molar-refractivity contribution in [2.45, 2.75) is 13.3 Å². The molecule has 2 atom stereocenters. The molecular formula is C13H15FO2. The molecular weight excluding hydrogens is 207 g/mol. The van der Waals surface area contributed by atoms with E-state index in [1.165, 1.54) is 12.1 Å². The van der Waals surface area contributed by atoms with Crippen molar-refractivity contribution in [3.05, 3.63) is 48.3 Å². The number of hydrogen-bond acceptors (Lipinski definition) is 1. The Morgan fingerprint density at radius 3 is 2.50 bits per heavy atom. The van der Waals surface area contributed by atoms with Crippen molar-refractivity contribution in [3.8, 4) is 0 Å². The van der Waals surface area contributed by atoms with E-state index in [4.69, 9.17) is 5.11 Å². The first kappa shape index (κ1) is 12.4. The summed E-state index contributed by atoms with van der Waals surface area (Å²) in [6.07, 6.45) is 2.02. The molecule has 0 saturated carbocycles. The van der Waals surface area contributed by atoms with Crippen LogP contribution in [0, 0.1) is 17.7 Å². The maximum Gasteiger partial charge on any atom is 0.307 e. The fraction of sp³-hybridized carbons (Fsp3) is 0.308. The van der Waals surface area contributed by atoms with Crippen LogP contribution in [0.3, 0.4) is 0 Å². The van der Waals surface area contributed by atoms with E-state index in [0.29, 0.717) is 6.42 Å². The Morgan fingerprint density at radius 2 is 2.06 bits per heavy atom. The lowest BCUT2D eigenvalue weighted by molar-refractivity contribution is -0.142. The van der Waals surface area contributed by atoms with Crippen LogP contribution in [0.5, 0.6) is 0 Å². The molecule has 0 bridgehead atoms. The molecule has 0 fully saturated rings. The van der Waals surface area contributed by atoms with Gasteiger partial charge >= 0.3 is 5.97 Å². The van der Waals surface area contributed by atoms with Gasteiger partial charge in [0.25, 0.3) is 0 Å². The monoisotopic (exact) mass is 222 g/mol. The predicted molar refractivity (Wildman–Crippen MR) is 60.6 cm³/mol. The first-order chi connectivity index (χ1) is 7.54. The van der Waals surface area contributed by atoms with E-state index >= 15 is 0 Å². The number of hydrogen-bond donors (Lipinski definition) is 1. The van der Waals surface area contributed by atoms with Gasteiger partial charge in [0.2, 0.25) is 0 Å². The van der Waals surface area contributed by atoms with E-state index in [9.17, 15) is 9.18 Å². The van der Waals surface area contributed by atoms with E-state index in [0.717, 1.165) is 5.56 Å². The second-order valence-electron chi connectivity index (χ2n) is 3.87. The van der Waals surface area contributed by atoms with Gasteiger partial charge in [-0.25, -0.2) is 4.39 Å². The molecule has 1 aromatic carbocycles. The first-order valence-electron chi connectivity index (χ1n) is 5.14. The summed E-state index contributed by atoms with van der Waals surface area (Å²) in [5.74, 6) is -1.78. The zero-order valence-electron chi connectivity index (χ0n) is 9.19. The van der Waals surface area contributed by atoms with Crippen molar-refractivity contribution < 1.29 is 14.3 Å². The van der Waals surface area contributed by atoms with Crippen molar-refractivity contribution in [1.29, 1.82) is 0 Å². The Morgan fingerprint density at radius 1 is 1.50 bits per heavy atom. The van der Waals surface area contributed by atoms with Gasteiger partial charge in [0, 0.05) is 0 Å². The molecule has 2 unspecified atom stereocenters. The minimum Gasteiger partial charge on any atom is -0.481 e. The van der Waals surface area contributed by atoms with Gasteiger partial charge in [-0.1, -0.05) is 25.1 Å². The van der Waals surface area contributed by atoms with E-state index in [2.05, 4.69) is 6.58 Å². The van der Waals surface area contributed by atoms with Crippen molar-refractivity contribution in [3.63, 3.8) is 0 Å². The van der Waals surface area contributed by atoms with Crippen molar-refractivity contribution in [2.24, 2.45) is 11.8 Å². The summed E-state index contributed by atoms with van der Waals surface area (Å²) in [6, 6.07) is 5.90. The molecule has 0 spiro atoms. The second-order valence-corrected chi connectivity index (χ2v) is 3.87. The van der Waals surface area contributed by atoms with E-state index in [1.807, 2.05) is 6.92 Å². The third-order valence-electron chi connectivity index (χ3n) is 2.69. The quantitative estimate of drug-likeness (QED) is 0.778. The molecule has 0 aliphatic heterocycles. The maximum absolute atomic E-state index is 12.7. The number of halogens is 1. The Labute approximate surface area is 94.4 Å². The minimum atomic E-state index is -0.850. The highest BCUT2D eigenvalue weighted by molar-refractivity contribution is 5.71. The third-order valence-corrected chi connectivity index (χ3v) is 2.69. The van der Waals surface area contributed by atoms with Gasteiger partial charge in [-0.05, 0) is 30.0 Å². The zero-order valence-corrected chi connectivity index (χ0v) is 9.19. The van der Waals surface area contributed by atoms with Crippen LogP contribution in [0.4, 0.5) is 4.39 Å². The smallest absolute Gasteiger partial charge is 0.307 e. The largest absolute Gasteiger partial charge is 0.481 e. The summed E-state index contributed by atoms with van der Waals surface area (Å²) in [5, 5.41) is 9.07. The van der Waals surface area contributed by atoms with Gasteiger partial charge in [-0.15, -0.1) is 6.58 Å². The average Bonchev–Trinajstić information content (AvgIpc) is 2.27. The molecule has 2 nitrogen and oxygen atoms in total. The Hall–Kier alpha value is -1.64. The van der Waals surface area contributed by atoms with Crippen LogP contribution in [0.2, 0.25) is 0 Å². The number of benzene rings is 1. The summed E-state index contributed by atoms with van der Waals surface area (Å²) in [4.78, 5) is 11.0. The van der Waals surface area contributed by atoms with Crippen LogP contribution in [0.25, 0.3) is 0 Å². The Kier molecular flexibility index (Phi) is 4.23. The molecule has 0 aliphatic rings. The topological polar surface area (TPSA) is 37.3 Å². The molecule has 86 valence electrons. The number of carboxylic acid groups (broad SMARTS) is 1. The SMILES string of the molecule is C=CC(C)C(Cc1ccc(F)cc1)C(=O)O. The Balaban J connectivity index is 2.79. The third kappa shape index (κ3) is 3.19. The normalized spacial score (nSPS) is 14.1. The fourth-order valence-corrected chi connectivity index (χ4v) is 1.54. The highest BCUT2D eigenvalue weighted by atomic mass is 19.1. The highest BCUT2D eigenvalue weighted by Crippen LogP contribution is 2.19. The van der Waals surface area contributed by atoms with Crippen molar-refractivity contribution >= 4 is 5.97 Å². The highest BCUT2D eigenvalue weighted by Gasteiger charge is 2.22. The van der Waals surface area contributed by atoms with Crippen LogP contribution in [-0.2, 0) is 11.2 Å². The predicted octanol–water partition coefficient (Wildman–Crippen LogP) is 2.89. The molecule has 0 aliphatic carbocycles. The summed E-state index contributed by atoms with van der Waals surface area (Å²) in [7, 11) is 0. The van der Waals surface area contributed by atoms with Gasteiger partial charge in [0.15, 0.2) is 0 Å². The van der Waals surface area contributed by atoms with Gasteiger partial charge in [-0.3, -0.25) is 4.79 Å². The van der Waals surface area contributed by atoms with Crippen LogP contribution in [-0.4, -0.2) is 11.1 Å². The number of rotatable bonds is 5. The summed E-state index contributed by atoms with van der Waals surface area (Å²) in [6.45, 7) is 5.41. The van der Waals surface area contributed by atoms with Gasteiger partial charge < -0.3 is 5.11 Å². The molecule has 1 aromatic rings. The van der Waals surface area contributed by atoms with Gasteiger partial charge in [0.05, 0.1) is 5.92 Å². The fourth-order valence-electron chi connectivity index (χ4n) is 1.54. The minimum absolute atomic E-state index is 0.109. The van der Waals surface area contributed by atoms with Gasteiger partial charge in [-0.2, -0.15) is 0 Å². The first-order valence-corrected chi connectivity index (χ1v) is 5.14. The molecule has 0 radical (unpaired) electrons.